The molecule has 1 N–H and O–H groups in total. The van der Waals surface area contributed by atoms with Gasteiger partial charge in [0.05, 0.1) is 18.5 Å². The molecule has 1 fully saturated rings. The minimum Gasteiger partial charge on any atom is -0.329 e. The highest BCUT2D eigenvalue weighted by molar-refractivity contribution is 7.18. The third-order valence-corrected chi connectivity index (χ3v) is 6.66. The van der Waals surface area contributed by atoms with Gasteiger partial charge in [-0.2, -0.15) is 0 Å². The fourth-order valence-corrected chi connectivity index (χ4v) is 5.33. The maximum atomic E-state index is 6.52. The Kier molecular flexibility index (Phi) is 4.37. The van der Waals surface area contributed by atoms with Gasteiger partial charge in [-0.25, -0.2) is 9.97 Å². The summed E-state index contributed by atoms with van der Waals surface area (Å²) >= 11 is 9.91. The molecule has 0 aromatic carbocycles. The molecule has 3 aromatic heterocycles. The number of nitrogens with one attached hydrogen (secondary N) is 1. The zero-order valence-electron chi connectivity index (χ0n) is 13.0. The minimum absolute atomic E-state index is 0.597. The summed E-state index contributed by atoms with van der Waals surface area (Å²) in [6.45, 7) is 5.65. The van der Waals surface area contributed by atoms with E-state index in [2.05, 4.69) is 34.8 Å². The first kappa shape index (κ1) is 15.5. The smallest absolute Gasteiger partial charge is 0.186 e. The maximum Gasteiger partial charge on any atom is 0.186 e. The lowest BCUT2D eigenvalue weighted by Crippen LogP contribution is -3.11. The Bertz CT molecular complexity index is 805. The molecule has 0 spiro atoms. The summed E-state index contributed by atoms with van der Waals surface area (Å²) in [5.74, 6) is 1.74. The fourth-order valence-electron chi connectivity index (χ4n) is 3.20. The van der Waals surface area contributed by atoms with Gasteiger partial charge in [0, 0.05) is 15.8 Å². The Hall–Kier alpha value is -1.01. The average Bonchev–Trinajstić information content (AvgIpc) is 3.18. The van der Waals surface area contributed by atoms with Gasteiger partial charge in [-0.05, 0) is 30.2 Å². The summed E-state index contributed by atoms with van der Waals surface area (Å²) in [4.78, 5) is 13.2. The average molecular weight is 365 g/mol. The van der Waals surface area contributed by atoms with Crippen LogP contribution in [0.2, 0.25) is 5.15 Å². The van der Waals surface area contributed by atoms with Gasteiger partial charge in [0.2, 0.25) is 0 Å². The molecule has 0 unspecified atom stereocenters. The van der Waals surface area contributed by atoms with Crippen LogP contribution in [-0.4, -0.2) is 23.1 Å². The van der Waals surface area contributed by atoms with E-state index in [0.717, 1.165) is 34.1 Å². The van der Waals surface area contributed by atoms with E-state index < -0.39 is 0 Å². The van der Waals surface area contributed by atoms with Gasteiger partial charge in [0.25, 0.3) is 0 Å². The maximum absolute atomic E-state index is 6.52. The molecule has 6 heteroatoms. The van der Waals surface area contributed by atoms with E-state index in [-0.39, 0.29) is 0 Å². The molecular formula is C17H19ClN3S2+. The van der Waals surface area contributed by atoms with Crippen LogP contribution in [0.4, 0.5) is 0 Å². The Morgan fingerprint density at radius 1 is 1.26 bits per heavy atom. The van der Waals surface area contributed by atoms with E-state index in [4.69, 9.17) is 16.6 Å². The third-order valence-electron chi connectivity index (χ3n) is 4.61. The first-order chi connectivity index (χ1) is 11.2. The summed E-state index contributed by atoms with van der Waals surface area (Å²) in [6, 6.07) is 4.18. The van der Waals surface area contributed by atoms with E-state index in [1.54, 1.807) is 27.6 Å². The van der Waals surface area contributed by atoms with Crippen LogP contribution in [0.1, 0.15) is 25.6 Å². The molecule has 0 radical (unpaired) electrons. The second-order valence-electron chi connectivity index (χ2n) is 6.35. The summed E-state index contributed by atoms with van der Waals surface area (Å²) in [7, 11) is 0. The predicted molar refractivity (Wildman–Crippen MR) is 98.5 cm³/mol. The molecule has 3 nitrogen and oxygen atoms in total. The second-order valence-corrected chi connectivity index (χ2v) is 8.51. The molecule has 1 aliphatic heterocycles. The van der Waals surface area contributed by atoms with Gasteiger partial charge in [-0.15, -0.1) is 22.7 Å². The summed E-state index contributed by atoms with van der Waals surface area (Å²) in [5.41, 5.74) is 1.16. The number of nitrogens with zero attached hydrogens (tertiary/aromatic N) is 2. The van der Waals surface area contributed by atoms with Gasteiger partial charge in [0.1, 0.15) is 16.5 Å². The van der Waals surface area contributed by atoms with Gasteiger partial charge in [0.15, 0.2) is 5.82 Å². The fraction of sp³-hybridized carbons (Fsp3) is 0.412. The Balaban J connectivity index is 1.63. The molecule has 0 amide bonds. The van der Waals surface area contributed by atoms with Crippen molar-refractivity contribution in [3.8, 4) is 10.4 Å². The first-order valence-electron chi connectivity index (χ1n) is 8.02. The van der Waals surface area contributed by atoms with E-state index in [0.29, 0.717) is 5.15 Å². The molecule has 1 saturated heterocycles. The van der Waals surface area contributed by atoms with Crippen LogP contribution in [0.5, 0.6) is 0 Å². The SMILES string of the molecule is CC1CC[NH+](Cc2nc(Cl)c3c(-c4cccs4)csc3n2)CC1. The molecule has 3 aromatic rings. The van der Waals surface area contributed by atoms with Gasteiger partial charge in [-0.1, -0.05) is 24.6 Å². The molecule has 23 heavy (non-hydrogen) atoms. The molecule has 0 saturated carbocycles. The van der Waals surface area contributed by atoms with E-state index in [1.807, 2.05) is 0 Å². The van der Waals surface area contributed by atoms with Crippen molar-refractivity contribution in [2.24, 2.45) is 5.92 Å². The Morgan fingerprint density at radius 2 is 2.09 bits per heavy atom. The van der Waals surface area contributed by atoms with Crippen LogP contribution in [0.3, 0.4) is 0 Å². The number of likely N-dealkylation sites (tertiary alicyclic amines) is 1. The van der Waals surface area contributed by atoms with E-state index in [1.165, 1.54) is 30.8 Å². The van der Waals surface area contributed by atoms with Crippen molar-refractivity contribution in [2.75, 3.05) is 13.1 Å². The van der Waals surface area contributed by atoms with E-state index >= 15 is 0 Å². The zero-order chi connectivity index (χ0) is 15.8. The van der Waals surface area contributed by atoms with Crippen molar-refractivity contribution in [2.45, 2.75) is 26.3 Å². The van der Waals surface area contributed by atoms with Crippen molar-refractivity contribution in [1.29, 1.82) is 0 Å². The number of hydrogen-bond acceptors (Lipinski definition) is 4. The number of fused-ring (bicyclic) bond motifs is 1. The molecule has 120 valence electrons. The monoisotopic (exact) mass is 364 g/mol. The van der Waals surface area contributed by atoms with Crippen LogP contribution >= 0.6 is 34.3 Å². The van der Waals surface area contributed by atoms with Crippen molar-refractivity contribution in [1.82, 2.24) is 9.97 Å². The largest absolute Gasteiger partial charge is 0.329 e. The first-order valence-corrected chi connectivity index (χ1v) is 10.2. The number of halogens is 1. The van der Waals surface area contributed by atoms with Gasteiger partial charge < -0.3 is 4.90 Å². The van der Waals surface area contributed by atoms with Crippen LogP contribution in [0.25, 0.3) is 20.7 Å². The summed E-state index contributed by atoms with van der Waals surface area (Å²) in [5, 5.41) is 5.84. The number of quaternary nitrogens is 1. The minimum atomic E-state index is 0.597. The standard InChI is InChI=1S/C17H18ClN3S2/c1-11-4-6-21(7-5-11)9-14-19-16(18)15-12(10-23-17(15)20-14)13-3-2-8-22-13/h2-3,8,10-11H,4-7,9H2,1H3/p+1. The zero-order valence-corrected chi connectivity index (χ0v) is 15.4. The Labute approximate surface area is 149 Å². The van der Waals surface area contributed by atoms with E-state index in [9.17, 15) is 0 Å². The molecule has 0 atom stereocenters. The molecule has 0 aliphatic carbocycles. The number of hydrogen-bond donors (Lipinski definition) is 1. The van der Waals surface area contributed by atoms with Crippen LogP contribution < -0.4 is 4.90 Å². The number of aromatic nitrogens is 2. The lowest BCUT2D eigenvalue weighted by atomic mass is 9.99. The topological polar surface area (TPSA) is 30.2 Å². The van der Waals surface area contributed by atoms with Crippen molar-refractivity contribution in [3.63, 3.8) is 0 Å². The normalized spacial score (nSPS) is 21.8. The van der Waals surface area contributed by atoms with Crippen LogP contribution in [0.15, 0.2) is 22.9 Å². The predicted octanol–water partition coefficient (Wildman–Crippen LogP) is 3.89. The Morgan fingerprint density at radius 3 is 2.83 bits per heavy atom. The van der Waals surface area contributed by atoms with Crippen molar-refractivity contribution in [3.05, 3.63) is 33.9 Å². The quantitative estimate of drug-likeness (QED) is 0.714. The number of thiophene rings is 2. The lowest BCUT2D eigenvalue weighted by molar-refractivity contribution is -0.920. The van der Waals surface area contributed by atoms with Crippen LogP contribution in [0, 0.1) is 5.92 Å². The molecule has 1 aliphatic rings. The van der Waals surface area contributed by atoms with Crippen LogP contribution in [-0.2, 0) is 6.54 Å². The van der Waals surface area contributed by atoms with Gasteiger partial charge in [-0.3, -0.25) is 0 Å². The van der Waals surface area contributed by atoms with Gasteiger partial charge >= 0.3 is 0 Å². The number of piperidine rings is 1. The highest BCUT2D eigenvalue weighted by Crippen LogP contribution is 2.38. The molecule has 0 bridgehead atoms. The lowest BCUT2D eigenvalue weighted by Gasteiger charge is -2.26. The number of rotatable bonds is 3. The highest BCUT2D eigenvalue weighted by Gasteiger charge is 2.21. The van der Waals surface area contributed by atoms with Crippen molar-refractivity contribution < 1.29 is 4.90 Å². The third kappa shape index (κ3) is 3.15. The summed E-state index contributed by atoms with van der Waals surface area (Å²) in [6.07, 6.45) is 2.60. The second kappa shape index (κ2) is 6.48. The summed E-state index contributed by atoms with van der Waals surface area (Å²) < 4.78 is 0. The molecule has 4 rings (SSSR count). The molecule has 4 heterocycles. The highest BCUT2D eigenvalue weighted by atomic mass is 35.5. The van der Waals surface area contributed by atoms with Crippen molar-refractivity contribution >= 4 is 44.5 Å². The molecular weight excluding hydrogens is 346 g/mol.